The molecule has 3 N–H and O–H groups in total. The number of imide groups is 1. The fraction of sp³-hybridized carbons (Fsp3) is 0.500. The first-order chi connectivity index (χ1) is 14.4. The van der Waals surface area contributed by atoms with Gasteiger partial charge in [0.1, 0.15) is 12.8 Å². The summed E-state index contributed by atoms with van der Waals surface area (Å²) in [7, 11) is 1.74. The van der Waals surface area contributed by atoms with Crippen LogP contribution in [0, 0.1) is 5.92 Å². The summed E-state index contributed by atoms with van der Waals surface area (Å²) < 4.78 is 5.85. The Hall–Kier alpha value is -3.14. The number of carbonyl (C=O) groups is 4. The normalized spacial score (nSPS) is 26.2. The largest absolute Gasteiger partial charge is 0.358 e. The molecule has 4 rings (SSSR count). The number of urea groups is 2. The zero-order valence-corrected chi connectivity index (χ0v) is 16.7. The van der Waals surface area contributed by atoms with E-state index in [4.69, 9.17) is 4.74 Å². The van der Waals surface area contributed by atoms with Crippen molar-refractivity contribution in [2.45, 2.75) is 31.7 Å². The summed E-state index contributed by atoms with van der Waals surface area (Å²) >= 11 is 0. The first-order valence-electron chi connectivity index (χ1n) is 10.0. The van der Waals surface area contributed by atoms with Gasteiger partial charge in [-0.15, -0.1) is 0 Å². The van der Waals surface area contributed by atoms with Gasteiger partial charge in [0.15, 0.2) is 0 Å². The highest BCUT2D eigenvalue weighted by molar-refractivity contribution is 6.04. The van der Waals surface area contributed by atoms with Gasteiger partial charge in [-0.2, -0.15) is 0 Å². The van der Waals surface area contributed by atoms with Crippen molar-refractivity contribution in [3.63, 3.8) is 0 Å². The highest BCUT2D eigenvalue weighted by atomic mass is 16.5. The number of nitrogens with zero attached hydrogens (tertiary/aromatic N) is 2. The van der Waals surface area contributed by atoms with Crippen molar-refractivity contribution >= 4 is 23.9 Å². The van der Waals surface area contributed by atoms with Crippen LogP contribution < -0.4 is 16.0 Å². The Balaban J connectivity index is 1.41. The third-order valence-corrected chi connectivity index (χ3v) is 5.78. The molecule has 3 atom stereocenters. The minimum absolute atomic E-state index is 0.0810. The quantitative estimate of drug-likeness (QED) is 0.598. The van der Waals surface area contributed by atoms with Gasteiger partial charge in [-0.3, -0.25) is 14.5 Å². The second kappa shape index (κ2) is 8.31. The molecule has 10 nitrogen and oxygen atoms in total. The molecule has 0 bridgehead atoms. The standard InChI is InChI=1S/C20H25N5O5/c1-24-18-14(6-3-7-30-18)17(23-20(24)29)13-5-2-4-12(8-13)9-21-15(26)11-25-16(27)10-22-19(25)28/h2,4-5,8,14,17-18H,3,6-7,9-11H2,1H3,(H,21,26)(H,22,28)(H,23,29)/t14-,17-,18-/m0/s1. The monoisotopic (exact) mass is 415 g/mol. The molecule has 160 valence electrons. The maximum Gasteiger partial charge on any atom is 0.325 e. The second-order valence-electron chi connectivity index (χ2n) is 7.77. The summed E-state index contributed by atoms with van der Waals surface area (Å²) in [4.78, 5) is 50.2. The third-order valence-electron chi connectivity index (χ3n) is 5.78. The molecule has 0 radical (unpaired) electrons. The van der Waals surface area contributed by atoms with Crippen molar-refractivity contribution in [3.05, 3.63) is 35.4 Å². The van der Waals surface area contributed by atoms with E-state index in [1.54, 1.807) is 11.9 Å². The molecule has 0 aliphatic carbocycles. The molecule has 1 aromatic carbocycles. The van der Waals surface area contributed by atoms with Crippen LogP contribution in [0.5, 0.6) is 0 Å². The van der Waals surface area contributed by atoms with Gasteiger partial charge in [0.2, 0.25) is 5.91 Å². The summed E-state index contributed by atoms with van der Waals surface area (Å²) in [5, 5.41) is 8.18. The highest BCUT2D eigenvalue weighted by Gasteiger charge is 2.43. The summed E-state index contributed by atoms with van der Waals surface area (Å²) in [6.45, 7) is 0.509. The minimum atomic E-state index is -0.556. The van der Waals surface area contributed by atoms with E-state index in [2.05, 4.69) is 16.0 Å². The first kappa shape index (κ1) is 20.1. The molecule has 3 heterocycles. The average Bonchev–Trinajstić information content (AvgIpc) is 3.07. The summed E-state index contributed by atoms with van der Waals surface area (Å²) in [5.41, 5.74) is 1.82. The number of fused-ring (bicyclic) bond motifs is 1. The van der Waals surface area contributed by atoms with Crippen molar-refractivity contribution in [1.29, 1.82) is 0 Å². The Morgan fingerprint density at radius 2 is 2.10 bits per heavy atom. The molecule has 3 fully saturated rings. The van der Waals surface area contributed by atoms with Crippen molar-refractivity contribution < 1.29 is 23.9 Å². The predicted octanol–water partition coefficient (Wildman–Crippen LogP) is 0.303. The second-order valence-corrected chi connectivity index (χ2v) is 7.77. The summed E-state index contributed by atoms with van der Waals surface area (Å²) in [5.74, 6) is -0.690. The zero-order valence-electron chi connectivity index (χ0n) is 16.7. The Bertz CT molecular complexity index is 859. The number of nitrogens with one attached hydrogen (secondary N) is 3. The fourth-order valence-corrected chi connectivity index (χ4v) is 4.22. The molecule has 30 heavy (non-hydrogen) atoms. The molecule has 3 aliphatic heterocycles. The average molecular weight is 415 g/mol. The van der Waals surface area contributed by atoms with Crippen LogP contribution in [-0.4, -0.2) is 66.6 Å². The van der Waals surface area contributed by atoms with Gasteiger partial charge in [0.25, 0.3) is 5.91 Å². The Morgan fingerprint density at radius 3 is 2.87 bits per heavy atom. The Kier molecular flexibility index (Phi) is 5.58. The predicted molar refractivity (Wildman–Crippen MR) is 105 cm³/mol. The lowest BCUT2D eigenvalue weighted by Gasteiger charge is -2.46. The molecule has 1 aromatic rings. The van der Waals surface area contributed by atoms with E-state index in [0.717, 1.165) is 28.9 Å². The van der Waals surface area contributed by atoms with Gasteiger partial charge in [0.05, 0.1) is 12.6 Å². The van der Waals surface area contributed by atoms with E-state index in [0.29, 0.717) is 6.61 Å². The minimum Gasteiger partial charge on any atom is -0.358 e. The molecule has 0 aromatic heterocycles. The molecule has 10 heteroatoms. The number of ether oxygens (including phenoxy) is 1. The van der Waals surface area contributed by atoms with Crippen LogP contribution in [0.2, 0.25) is 0 Å². The molecule has 0 unspecified atom stereocenters. The third kappa shape index (κ3) is 3.95. The smallest absolute Gasteiger partial charge is 0.325 e. The topological polar surface area (TPSA) is 120 Å². The van der Waals surface area contributed by atoms with Crippen molar-refractivity contribution in [2.24, 2.45) is 5.92 Å². The number of carbonyl (C=O) groups excluding carboxylic acids is 4. The van der Waals surface area contributed by atoms with E-state index in [-0.39, 0.29) is 43.9 Å². The summed E-state index contributed by atoms with van der Waals surface area (Å²) in [6, 6.07) is 6.78. The van der Waals surface area contributed by atoms with Crippen LogP contribution in [-0.2, 0) is 20.9 Å². The molecule has 3 saturated heterocycles. The number of hydrogen-bond donors (Lipinski definition) is 3. The van der Waals surface area contributed by atoms with E-state index in [9.17, 15) is 19.2 Å². The molecule has 0 saturated carbocycles. The van der Waals surface area contributed by atoms with Gasteiger partial charge in [-0.05, 0) is 24.0 Å². The zero-order chi connectivity index (χ0) is 21.3. The van der Waals surface area contributed by atoms with Crippen LogP contribution in [0.1, 0.15) is 30.0 Å². The Morgan fingerprint density at radius 1 is 1.27 bits per heavy atom. The van der Waals surface area contributed by atoms with E-state index >= 15 is 0 Å². The molecular weight excluding hydrogens is 390 g/mol. The number of amides is 6. The Labute approximate surface area is 173 Å². The highest BCUT2D eigenvalue weighted by Crippen LogP contribution is 2.37. The van der Waals surface area contributed by atoms with Crippen molar-refractivity contribution in [1.82, 2.24) is 25.8 Å². The van der Waals surface area contributed by atoms with Gasteiger partial charge >= 0.3 is 12.1 Å². The van der Waals surface area contributed by atoms with Crippen LogP contribution in [0.15, 0.2) is 24.3 Å². The van der Waals surface area contributed by atoms with E-state index < -0.39 is 17.8 Å². The maximum atomic E-state index is 12.4. The van der Waals surface area contributed by atoms with Crippen LogP contribution in [0.25, 0.3) is 0 Å². The van der Waals surface area contributed by atoms with Gasteiger partial charge < -0.3 is 25.6 Å². The molecular formula is C20H25N5O5. The number of benzene rings is 1. The van der Waals surface area contributed by atoms with E-state index in [1.807, 2.05) is 24.3 Å². The molecule has 0 spiro atoms. The van der Waals surface area contributed by atoms with Gasteiger partial charge in [-0.25, -0.2) is 9.59 Å². The summed E-state index contributed by atoms with van der Waals surface area (Å²) in [6.07, 6.45) is 1.65. The maximum absolute atomic E-state index is 12.4. The number of hydrogen-bond acceptors (Lipinski definition) is 5. The fourth-order valence-electron chi connectivity index (χ4n) is 4.22. The lowest BCUT2D eigenvalue weighted by Crippen LogP contribution is -2.59. The van der Waals surface area contributed by atoms with Crippen molar-refractivity contribution in [2.75, 3.05) is 26.7 Å². The number of rotatable bonds is 5. The van der Waals surface area contributed by atoms with Crippen LogP contribution in [0.4, 0.5) is 9.59 Å². The van der Waals surface area contributed by atoms with Crippen LogP contribution >= 0.6 is 0 Å². The van der Waals surface area contributed by atoms with Gasteiger partial charge in [0, 0.05) is 26.1 Å². The lowest BCUT2D eigenvalue weighted by atomic mass is 9.84. The van der Waals surface area contributed by atoms with Gasteiger partial charge in [-0.1, -0.05) is 24.3 Å². The van der Waals surface area contributed by atoms with Crippen LogP contribution in [0.3, 0.4) is 0 Å². The van der Waals surface area contributed by atoms with E-state index in [1.165, 1.54) is 0 Å². The van der Waals surface area contributed by atoms with Crippen molar-refractivity contribution in [3.8, 4) is 0 Å². The SMILES string of the molecule is CN1C(=O)N[C@@H](c2cccc(CNC(=O)CN3C(=O)CNC3=O)c2)[C@@H]2CCCO[C@@H]21. The lowest BCUT2D eigenvalue weighted by molar-refractivity contribution is -0.130. The first-order valence-corrected chi connectivity index (χ1v) is 10.0. The molecule has 3 aliphatic rings. The molecule has 6 amide bonds.